The van der Waals surface area contributed by atoms with Crippen LogP contribution in [0.3, 0.4) is 0 Å². The summed E-state index contributed by atoms with van der Waals surface area (Å²) in [6.07, 6.45) is 3.47. The molecule has 0 radical (unpaired) electrons. The highest BCUT2D eigenvalue weighted by atomic mass is 16.2. The van der Waals surface area contributed by atoms with Crippen LogP contribution in [0.5, 0.6) is 0 Å². The molecule has 0 atom stereocenters. The fourth-order valence-electron chi connectivity index (χ4n) is 3.45. The summed E-state index contributed by atoms with van der Waals surface area (Å²) in [5, 5.41) is 0. The Labute approximate surface area is 124 Å². The van der Waals surface area contributed by atoms with Crippen LogP contribution in [0.15, 0.2) is 36.4 Å². The number of carbonyl (C=O) groups excluding carboxylic acids is 1. The number of nitrogens with zero attached hydrogens (tertiary/aromatic N) is 1. The lowest BCUT2D eigenvalue weighted by Crippen LogP contribution is -2.25. The molecule has 0 saturated heterocycles. The molecule has 1 aliphatic carbocycles. The van der Waals surface area contributed by atoms with Crippen LogP contribution in [-0.4, -0.2) is 10.8 Å². The molecule has 0 saturated carbocycles. The average molecular weight is 278 g/mol. The van der Waals surface area contributed by atoms with Crippen LogP contribution < -0.4 is 5.73 Å². The number of rotatable bonds is 1. The van der Waals surface area contributed by atoms with Crippen molar-refractivity contribution in [3.05, 3.63) is 64.2 Å². The number of amides is 1. The van der Waals surface area contributed by atoms with Gasteiger partial charge in [-0.2, -0.15) is 0 Å². The molecule has 21 heavy (non-hydrogen) atoms. The second-order valence-corrected chi connectivity index (χ2v) is 6.03. The van der Waals surface area contributed by atoms with Crippen molar-refractivity contribution in [1.82, 2.24) is 4.90 Å². The van der Waals surface area contributed by atoms with Gasteiger partial charge in [-0.25, -0.2) is 0 Å². The van der Waals surface area contributed by atoms with E-state index in [9.17, 15) is 4.79 Å². The fraction of sp³-hybridized carbons (Fsp3) is 0.278. The minimum absolute atomic E-state index is 0.125. The Hall–Kier alpha value is -2.29. The summed E-state index contributed by atoms with van der Waals surface area (Å²) in [5.41, 5.74) is 12.5. The molecular formula is C18H18N2O. The Morgan fingerprint density at radius 3 is 2.57 bits per heavy atom. The lowest BCUT2D eigenvalue weighted by atomic mass is 10.1. The predicted octanol–water partition coefficient (Wildman–Crippen LogP) is 2.91. The second-order valence-electron chi connectivity index (χ2n) is 6.03. The third-order valence-electron chi connectivity index (χ3n) is 4.59. The quantitative estimate of drug-likeness (QED) is 0.815. The van der Waals surface area contributed by atoms with E-state index in [1.807, 2.05) is 29.2 Å². The molecule has 0 fully saturated rings. The van der Waals surface area contributed by atoms with E-state index in [0.29, 0.717) is 13.1 Å². The summed E-state index contributed by atoms with van der Waals surface area (Å²) in [7, 11) is 0. The highest BCUT2D eigenvalue weighted by molar-refractivity contribution is 5.95. The molecule has 2 aromatic carbocycles. The highest BCUT2D eigenvalue weighted by Gasteiger charge is 2.25. The largest absolute Gasteiger partial charge is 0.399 e. The van der Waals surface area contributed by atoms with Crippen LogP contribution in [0.25, 0.3) is 0 Å². The van der Waals surface area contributed by atoms with Gasteiger partial charge in [-0.15, -0.1) is 0 Å². The molecule has 106 valence electrons. The Kier molecular flexibility index (Phi) is 2.74. The van der Waals surface area contributed by atoms with Gasteiger partial charge in [0.2, 0.25) is 0 Å². The lowest BCUT2D eigenvalue weighted by Gasteiger charge is -2.16. The number of hydrogen-bond donors (Lipinski definition) is 1. The Balaban J connectivity index is 1.59. The van der Waals surface area contributed by atoms with Crippen LogP contribution >= 0.6 is 0 Å². The standard InChI is InChI=1S/C18H18N2O/c19-17-7-6-15-10-20(11-16(15)9-17)18(21)14-5-4-12-2-1-3-13(12)8-14/h4-9H,1-3,10-11,19H2. The summed E-state index contributed by atoms with van der Waals surface area (Å²) >= 11 is 0. The van der Waals surface area contributed by atoms with E-state index in [-0.39, 0.29) is 5.91 Å². The first-order valence-electron chi connectivity index (χ1n) is 7.49. The molecular weight excluding hydrogens is 260 g/mol. The molecule has 2 N–H and O–H groups in total. The number of hydrogen-bond acceptors (Lipinski definition) is 2. The molecule has 3 nitrogen and oxygen atoms in total. The van der Waals surface area contributed by atoms with Crippen molar-refractivity contribution in [2.45, 2.75) is 32.4 Å². The van der Waals surface area contributed by atoms with E-state index in [0.717, 1.165) is 24.1 Å². The summed E-state index contributed by atoms with van der Waals surface area (Å²) in [4.78, 5) is 14.6. The van der Waals surface area contributed by atoms with Crippen LogP contribution in [0.2, 0.25) is 0 Å². The summed E-state index contributed by atoms with van der Waals surface area (Å²) in [6, 6.07) is 12.1. The molecule has 1 heterocycles. The fourth-order valence-corrected chi connectivity index (χ4v) is 3.45. The first kappa shape index (κ1) is 12.5. The van der Waals surface area contributed by atoms with E-state index in [2.05, 4.69) is 12.1 Å². The van der Waals surface area contributed by atoms with Crippen molar-refractivity contribution < 1.29 is 4.79 Å². The van der Waals surface area contributed by atoms with Gasteiger partial charge in [-0.1, -0.05) is 12.1 Å². The van der Waals surface area contributed by atoms with E-state index in [1.165, 1.54) is 28.7 Å². The van der Waals surface area contributed by atoms with E-state index in [4.69, 9.17) is 5.73 Å². The number of anilines is 1. The molecule has 1 aliphatic heterocycles. The van der Waals surface area contributed by atoms with Gasteiger partial charge in [0, 0.05) is 24.3 Å². The SMILES string of the molecule is Nc1ccc2c(c1)CN(C(=O)c1ccc3c(c1)CCC3)C2. The number of nitrogen functional groups attached to an aromatic ring is 1. The van der Waals surface area contributed by atoms with Crippen molar-refractivity contribution in [2.75, 3.05) is 5.73 Å². The number of fused-ring (bicyclic) bond motifs is 2. The zero-order chi connectivity index (χ0) is 14.4. The molecule has 4 rings (SSSR count). The van der Waals surface area contributed by atoms with Crippen LogP contribution in [0, 0.1) is 0 Å². The highest BCUT2D eigenvalue weighted by Crippen LogP contribution is 2.28. The second kappa shape index (κ2) is 4.62. The van der Waals surface area contributed by atoms with Gasteiger partial charge in [0.15, 0.2) is 0 Å². The minimum atomic E-state index is 0.125. The van der Waals surface area contributed by atoms with Gasteiger partial charge < -0.3 is 10.6 Å². The molecule has 2 aliphatic rings. The van der Waals surface area contributed by atoms with Gasteiger partial charge in [-0.3, -0.25) is 4.79 Å². The van der Waals surface area contributed by atoms with Gasteiger partial charge >= 0.3 is 0 Å². The number of nitrogens with two attached hydrogens (primary N) is 1. The molecule has 0 unspecified atom stereocenters. The Bertz CT molecular complexity index is 736. The maximum Gasteiger partial charge on any atom is 0.254 e. The maximum atomic E-state index is 12.7. The monoisotopic (exact) mass is 278 g/mol. The molecule has 0 spiro atoms. The third-order valence-corrected chi connectivity index (χ3v) is 4.59. The van der Waals surface area contributed by atoms with Gasteiger partial charge in [0.1, 0.15) is 0 Å². The number of aryl methyl sites for hydroxylation is 2. The number of carbonyl (C=O) groups is 1. The zero-order valence-corrected chi connectivity index (χ0v) is 11.9. The van der Waals surface area contributed by atoms with Gasteiger partial charge in [-0.05, 0) is 65.8 Å². The van der Waals surface area contributed by atoms with E-state index in [1.54, 1.807) is 0 Å². The Morgan fingerprint density at radius 2 is 1.67 bits per heavy atom. The van der Waals surface area contributed by atoms with Crippen molar-refractivity contribution in [2.24, 2.45) is 0 Å². The first-order valence-corrected chi connectivity index (χ1v) is 7.49. The Morgan fingerprint density at radius 1 is 0.905 bits per heavy atom. The molecule has 0 aromatic heterocycles. The van der Waals surface area contributed by atoms with Crippen LogP contribution in [0.1, 0.15) is 39.0 Å². The molecule has 2 aromatic rings. The minimum Gasteiger partial charge on any atom is -0.399 e. The molecule has 1 amide bonds. The zero-order valence-electron chi connectivity index (χ0n) is 11.9. The number of benzene rings is 2. The summed E-state index contributed by atoms with van der Waals surface area (Å²) < 4.78 is 0. The van der Waals surface area contributed by atoms with Crippen molar-refractivity contribution in [1.29, 1.82) is 0 Å². The van der Waals surface area contributed by atoms with Crippen LogP contribution in [0.4, 0.5) is 5.69 Å². The summed E-state index contributed by atoms with van der Waals surface area (Å²) in [6.45, 7) is 1.35. The van der Waals surface area contributed by atoms with Gasteiger partial charge in [0.25, 0.3) is 5.91 Å². The predicted molar refractivity (Wildman–Crippen MR) is 82.9 cm³/mol. The van der Waals surface area contributed by atoms with Crippen molar-refractivity contribution >= 4 is 11.6 Å². The first-order chi connectivity index (χ1) is 10.2. The molecule has 3 heteroatoms. The average Bonchev–Trinajstić information content (AvgIpc) is 3.11. The van der Waals surface area contributed by atoms with Crippen molar-refractivity contribution in [3.8, 4) is 0 Å². The van der Waals surface area contributed by atoms with E-state index >= 15 is 0 Å². The topological polar surface area (TPSA) is 46.3 Å². The van der Waals surface area contributed by atoms with Crippen molar-refractivity contribution in [3.63, 3.8) is 0 Å². The lowest BCUT2D eigenvalue weighted by molar-refractivity contribution is 0.0751. The summed E-state index contributed by atoms with van der Waals surface area (Å²) in [5.74, 6) is 0.125. The maximum absolute atomic E-state index is 12.7. The van der Waals surface area contributed by atoms with Crippen LogP contribution in [-0.2, 0) is 25.9 Å². The van der Waals surface area contributed by atoms with E-state index < -0.39 is 0 Å². The normalized spacial score (nSPS) is 15.9. The smallest absolute Gasteiger partial charge is 0.254 e. The third kappa shape index (κ3) is 2.09. The van der Waals surface area contributed by atoms with Gasteiger partial charge in [0.05, 0.1) is 0 Å². The molecule has 0 bridgehead atoms.